The molecule has 0 bridgehead atoms. The van der Waals surface area contributed by atoms with Gasteiger partial charge in [-0.05, 0) is 61.5 Å². The number of amides is 1. The summed E-state index contributed by atoms with van der Waals surface area (Å²) in [5, 5.41) is 7.76. The fraction of sp³-hybridized carbons (Fsp3) is 0.129. The van der Waals surface area contributed by atoms with Crippen molar-refractivity contribution in [3.63, 3.8) is 0 Å². The number of aryl methyl sites for hydroxylation is 1. The molecule has 206 valence electrons. The van der Waals surface area contributed by atoms with Crippen LogP contribution < -0.4 is 10.1 Å². The minimum atomic E-state index is -0.723. The molecule has 0 aliphatic rings. The van der Waals surface area contributed by atoms with Gasteiger partial charge in [-0.25, -0.2) is 19.3 Å². The molecule has 1 N–H and O–H groups in total. The first-order valence-electron chi connectivity index (χ1n) is 12.6. The fourth-order valence-corrected chi connectivity index (χ4v) is 4.38. The van der Waals surface area contributed by atoms with E-state index in [0.29, 0.717) is 28.2 Å². The van der Waals surface area contributed by atoms with E-state index in [9.17, 15) is 14.4 Å². The summed E-state index contributed by atoms with van der Waals surface area (Å²) in [5.74, 6) is -1.26. The van der Waals surface area contributed by atoms with Crippen LogP contribution in [0.3, 0.4) is 0 Å². The van der Waals surface area contributed by atoms with Crippen molar-refractivity contribution >= 4 is 34.6 Å². The molecular formula is C31H26N4O6. The van der Waals surface area contributed by atoms with Crippen molar-refractivity contribution in [2.75, 3.05) is 26.1 Å². The normalized spacial score (nSPS) is 10.7. The third-order valence-electron chi connectivity index (χ3n) is 6.36. The smallest absolute Gasteiger partial charge is 0.339 e. The highest BCUT2D eigenvalue weighted by Gasteiger charge is 2.23. The first-order chi connectivity index (χ1) is 19.9. The molecule has 41 heavy (non-hydrogen) atoms. The molecule has 0 aliphatic carbocycles. The summed E-state index contributed by atoms with van der Waals surface area (Å²) in [6.45, 7) is 1.20. The van der Waals surface area contributed by atoms with Gasteiger partial charge < -0.3 is 19.5 Å². The number of pyridine rings is 1. The first kappa shape index (κ1) is 27.1. The molecule has 0 unspecified atom stereocenters. The van der Waals surface area contributed by atoms with E-state index in [0.717, 1.165) is 11.3 Å². The standard InChI is InChI=1S/C31H26N4O6/c1-19-28-24(31(38)41-18-27(36)32-25-12-8-7-11-23(25)30(37)40-3)17-26(20-13-15-22(39-2)16-14-20)33-29(28)35(34-19)21-9-5-4-6-10-21/h4-17H,18H2,1-3H3,(H,32,36). The predicted molar refractivity (Wildman–Crippen MR) is 152 cm³/mol. The molecule has 5 rings (SSSR count). The second-order valence-corrected chi connectivity index (χ2v) is 8.98. The Balaban J connectivity index is 1.49. The van der Waals surface area contributed by atoms with E-state index in [1.165, 1.54) is 13.2 Å². The summed E-state index contributed by atoms with van der Waals surface area (Å²) >= 11 is 0. The molecule has 10 heteroatoms. The number of rotatable bonds is 8. The van der Waals surface area contributed by atoms with Gasteiger partial charge in [-0.1, -0.05) is 30.3 Å². The maximum Gasteiger partial charge on any atom is 0.339 e. The molecule has 0 aliphatic heterocycles. The third kappa shape index (κ3) is 5.62. The lowest BCUT2D eigenvalue weighted by Crippen LogP contribution is -2.22. The molecule has 0 spiro atoms. The monoisotopic (exact) mass is 550 g/mol. The maximum absolute atomic E-state index is 13.5. The molecule has 1 amide bonds. The topological polar surface area (TPSA) is 122 Å². The lowest BCUT2D eigenvalue weighted by molar-refractivity contribution is -0.119. The van der Waals surface area contributed by atoms with Crippen molar-refractivity contribution in [1.29, 1.82) is 0 Å². The van der Waals surface area contributed by atoms with Crippen LogP contribution in [0.2, 0.25) is 0 Å². The van der Waals surface area contributed by atoms with Gasteiger partial charge in [-0.3, -0.25) is 4.79 Å². The molecule has 0 fully saturated rings. The number of esters is 2. The van der Waals surface area contributed by atoms with Crippen molar-refractivity contribution < 1.29 is 28.6 Å². The zero-order chi connectivity index (χ0) is 28.9. The van der Waals surface area contributed by atoms with Crippen molar-refractivity contribution in [1.82, 2.24) is 14.8 Å². The number of benzene rings is 3. The molecule has 0 saturated carbocycles. The van der Waals surface area contributed by atoms with Gasteiger partial charge >= 0.3 is 11.9 Å². The Morgan fingerprint density at radius 1 is 0.854 bits per heavy atom. The van der Waals surface area contributed by atoms with E-state index < -0.39 is 24.5 Å². The summed E-state index contributed by atoms with van der Waals surface area (Å²) in [5.41, 5.74) is 3.70. The third-order valence-corrected chi connectivity index (χ3v) is 6.36. The Labute approximate surface area is 235 Å². The quantitative estimate of drug-likeness (QED) is 0.268. The van der Waals surface area contributed by atoms with E-state index in [-0.39, 0.29) is 16.8 Å². The van der Waals surface area contributed by atoms with E-state index in [2.05, 4.69) is 10.4 Å². The van der Waals surface area contributed by atoms with Crippen LogP contribution in [0.1, 0.15) is 26.4 Å². The van der Waals surface area contributed by atoms with Crippen molar-refractivity contribution in [3.8, 4) is 22.7 Å². The molecule has 0 atom stereocenters. The minimum Gasteiger partial charge on any atom is -0.497 e. The van der Waals surface area contributed by atoms with Gasteiger partial charge in [0.15, 0.2) is 12.3 Å². The average Bonchev–Trinajstić information content (AvgIpc) is 3.35. The number of hydrogen-bond donors (Lipinski definition) is 1. The molecule has 2 heterocycles. The Morgan fingerprint density at radius 3 is 2.27 bits per heavy atom. The zero-order valence-electron chi connectivity index (χ0n) is 22.6. The summed E-state index contributed by atoms with van der Waals surface area (Å²) < 4.78 is 17.1. The van der Waals surface area contributed by atoms with Crippen molar-refractivity contribution in [3.05, 3.63) is 102 Å². The number of nitrogens with zero attached hydrogens (tertiary/aromatic N) is 3. The van der Waals surface area contributed by atoms with Gasteiger partial charge in [-0.15, -0.1) is 0 Å². The Bertz CT molecular complexity index is 1750. The minimum absolute atomic E-state index is 0.179. The van der Waals surface area contributed by atoms with E-state index in [4.69, 9.17) is 19.2 Å². The number of carbonyl (C=O) groups excluding carboxylic acids is 3. The van der Waals surface area contributed by atoms with Crippen LogP contribution in [-0.2, 0) is 14.3 Å². The molecule has 0 saturated heterocycles. The highest BCUT2D eigenvalue weighted by molar-refractivity contribution is 6.07. The average molecular weight is 551 g/mol. The highest BCUT2D eigenvalue weighted by Crippen LogP contribution is 2.30. The van der Waals surface area contributed by atoms with Crippen LogP contribution in [0.4, 0.5) is 5.69 Å². The van der Waals surface area contributed by atoms with E-state index >= 15 is 0 Å². The number of carbonyl (C=O) groups is 3. The zero-order valence-corrected chi connectivity index (χ0v) is 22.6. The summed E-state index contributed by atoms with van der Waals surface area (Å²) in [6, 6.07) is 24.7. The molecule has 3 aromatic carbocycles. The first-order valence-corrected chi connectivity index (χ1v) is 12.6. The number of nitrogens with one attached hydrogen (secondary N) is 1. The van der Waals surface area contributed by atoms with Crippen LogP contribution in [0, 0.1) is 6.92 Å². The van der Waals surface area contributed by atoms with Crippen LogP contribution >= 0.6 is 0 Å². The molecule has 5 aromatic rings. The summed E-state index contributed by atoms with van der Waals surface area (Å²) in [6.07, 6.45) is 0. The molecule has 0 radical (unpaired) electrons. The number of fused-ring (bicyclic) bond motifs is 1. The fourth-order valence-electron chi connectivity index (χ4n) is 4.38. The van der Waals surface area contributed by atoms with Gasteiger partial charge in [-0.2, -0.15) is 5.10 Å². The lowest BCUT2D eigenvalue weighted by Gasteiger charge is -2.11. The van der Waals surface area contributed by atoms with E-state index in [1.807, 2.05) is 42.5 Å². The second kappa shape index (κ2) is 11.7. The molecule has 2 aromatic heterocycles. The van der Waals surface area contributed by atoms with Crippen molar-refractivity contribution in [2.45, 2.75) is 6.92 Å². The van der Waals surface area contributed by atoms with Gasteiger partial charge in [0.1, 0.15) is 5.75 Å². The SMILES string of the molecule is COC(=O)c1ccccc1NC(=O)COC(=O)c1cc(-c2ccc(OC)cc2)nc2c1c(C)nn2-c1ccccc1. The maximum atomic E-state index is 13.5. The summed E-state index contributed by atoms with van der Waals surface area (Å²) in [4.78, 5) is 43.0. The molecule has 10 nitrogen and oxygen atoms in total. The Kier molecular flexibility index (Phi) is 7.73. The highest BCUT2D eigenvalue weighted by atomic mass is 16.5. The number of anilines is 1. The second-order valence-electron chi connectivity index (χ2n) is 8.98. The van der Waals surface area contributed by atoms with Crippen LogP contribution in [-0.4, -0.2) is 53.4 Å². The van der Waals surface area contributed by atoms with Crippen LogP contribution in [0.25, 0.3) is 28.0 Å². The van der Waals surface area contributed by atoms with E-state index in [1.54, 1.807) is 55.1 Å². The lowest BCUT2D eigenvalue weighted by atomic mass is 10.1. The van der Waals surface area contributed by atoms with Gasteiger partial charge in [0.25, 0.3) is 5.91 Å². The number of ether oxygens (including phenoxy) is 3. The Hall–Kier alpha value is -5.51. The van der Waals surface area contributed by atoms with Crippen LogP contribution in [0.15, 0.2) is 84.9 Å². The Morgan fingerprint density at radius 2 is 1.56 bits per heavy atom. The number of hydrogen-bond acceptors (Lipinski definition) is 8. The van der Waals surface area contributed by atoms with Crippen LogP contribution in [0.5, 0.6) is 5.75 Å². The van der Waals surface area contributed by atoms with Gasteiger partial charge in [0.2, 0.25) is 0 Å². The largest absolute Gasteiger partial charge is 0.497 e. The summed E-state index contributed by atoms with van der Waals surface area (Å²) in [7, 11) is 2.83. The predicted octanol–water partition coefficient (Wildman–Crippen LogP) is 4.99. The van der Waals surface area contributed by atoms with Gasteiger partial charge in [0.05, 0.1) is 53.5 Å². The number of aromatic nitrogens is 3. The van der Waals surface area contributed by atoms with Crippen molar-refractivity contribution in [2.24, 2.45) is 0 Å². The molecular weight excluding hydrogens is 524 g/mol. The van der Waals surface area contributed by atoms with Gasteiger partial charge in [0, 0.05) is 5.56 Å². The number of para-hydroxylation sites is 2. The number of methoxy groups -OCH3 is 2.